The van der Waals surface area contributed by atoms with Crippen LogP contribution >= 0.6 is 0 Å². The Morgan fingerprint density at radius 3 is 2.72 bits per heavy atom. The molecule has 18 heavy (non-hydrogen) atoms. The lowest BCUT2D eigenvalue weighted by Crippen LogP contribution is -2.50. The summed E-state index contributed by atoms with van der Waals surface area (Å²) in [7, 11) is 0. The maximum atomic E-state index is 12.0. The normalized spacial score (nSPS) is 29.7. The number of carbonyl (C=O) groups is 1. The monoisotopic (exact) mass is 253 g/mol. The van der Waals surface area contributed by atoms with Gasteiger partial charge in [0.2, 0.25) is 5.91 Å². The third kappa shape index (κ3) is 3.69. The smallest absolute Gasteiger partial charge is 0.234 e. The first-order valence-corrected chi connectivity index (χ1v) is 7.24. The van der Waals surface area contributed by atoms with Crippen molar-refractivity contribution in [3.05, 3.63) is 0 Å². The van der Waals surface area contributed by atoms with Gasteiger partial charge in [0.25, 0.3) is 0 Å². The highest BCUT2D eigenvalue weighted by Gasteiger charge is 2.34. The average Bonchev–Trinajstić information content (AvgIpc) is 2.82. The molecule has 4 nitrogen and oxygen atoms in total. The summed E-state index contributed by atoms with van der Waals surface area (Å²) in [6, 6.07) is 1.17. The van der Waals surface area contributed by atoms with Gasteiger partial charge < -0.3 is 10.6 Å². The first-order chi connectivity index (χ1) is 8.46. The lowest BCUT2D eigenvalue weighted by Gasteiger charge is -2.30. The van der Waals surface area contributed by atoms with Gasteiger partial charge in [0.15, 0.2) is 0 Å². The van der Waals surface area contributed by atoms with Crippen LogP contribution < -0.4 is 10.6 Å². The maximum absolute atomic E-state index is 12.0. The topological polar surface area (TPSA) is 44.4 Å². The summed E-state index contributed by atoms with van der Waals surface area (Å²) in [4.78, 5) is 14.4. The van der Waals surface area contributed by atoms with Crippen LogP contribution in [0.1, 0.15) is 46.5 Å². The van der Waals surface area contributed by atoms with Crippen LogP contribution in [0.3, 0.4) is 0 Å². The van der Waals surface area contributed by atoms with Gasteiger partial charge in [0.05, 0.1) is 6.54 Å². The van der Waals surface area contributed by atoms with E-state index < -0.39 is 0 Å². The molecule has 104 valence electrons. The summed E-state index contributed by atoms with van der Waals surface area (Å²) in [6.45, 7) is 8.87. The summed E-state index contributed by atoms with van der Waals surface area (Å²) in [5.41, 5.74) is -0.127. The third-order valence-corrected chi connectivity index (χ3v) is 3.84. The Morgan fingerprint density at radius 1 is 1.33 bits per heavy atom. The van der Waals surface area contributed by atoms with Crippen LogP contribution in [0.2, 0.25) is 0 Å². The minimum absolute atomic E-state index is 0.127. The molecule has 2 aliphatic rings. The zero-order valence-electron chi connectivity index (χ0n) is 12.0. The van der Waals surface area contributed by atoms with Crippen LogP contribution in [-0.4, -0.2) is 48.1 Å². The predicted octanol–water partition coefficient (Wildman–Crippen LogP) is 1.12. The number of carbonyl (C=O) groups excluding carboxylic acids is 1. The van der Waals surface area contributed by atoms with E-state index in [9.17, 15) is 4.79 Å². The number of rotatable bonds is 3. The lowest BCUT2D eigenvalue weighted by molar-refractivity contribution is -0.123. The molecule has 0 aliphatic carbocycles. The summed E-state index contributed by atoms with van der Waals surface area (Å²) in [6.07, 6.45) is 5.01. The van der Waals surface area contributed by atoms with Crippen molar-refractivity contribution in [2.24, 2.45) is 0 Å². The van der Waals surface area contributed by atoms with Gasteiger partial charge in [-0.3, -0.25) is 9.69 Å². The quantitative estimate of drug-likeness (QED) is 0.792. The van der Waals surface area contributed by atoms with Gasteiger partial charge in [-0.25, -0.2) is 0 Å². The van der Waals surface area contributed by atoms with Gasteiger partial charge in [0, 0.05) is 17.6 Å². The number of hydrogen-bond donors (Lipinski definition) is 2. The number of nitrogens with zero attached hydrogens (tertiary/aromatic N) is 1. The van der Waals surface area contributed by atoms with E-state index >= 15 is 0 Å². The molecule has 0 aromatic rings. The van der Waals surface area contributed by atoms with Crippen molar-refractivity contribution in [1.82, 2.24) is 15.5 Å². The van der Waals surface area contributed by atoms with Gasteiger partial charge in [-0.1, -0.05) is 0 Å². The van der Waals surface area contributed by atoms with Crippen LogP contribution in [-0.2, 0) is 4.79 Å². The summed E-state index contributed by atoms with van der Waals surface area (Å²) in [5.74, 6) is 0.160. The Bertz CT molecular complexity index is 292. The molecule has 2 heterocycles. The van der Waals surface area contributed by atoms with Crippen molar-refractivity contribution in [2.45, 2.75) is 64.1 Å². The fourth-order valence-corrected chi connectivity index (χ4v) is 3.19. The van der Waals surface area contributed by atoms with E-state index in [1.807, 2.05) is 20.8 Å². The maximum Gasteiger partial charge on any atom is 0.234 e. The summed E-state index contributed by atoms with van der Waals surface area (Å²) in [5, 5.41) is 6.63. The first-order valence-electron chi connectivity index (χ1n) is 7.24. The highest BCUT2D eigenvalue weighted by atomic mass is 16.2. The SMILES string of the molecule is CC(C)(C)NC(=O)CN1CCCC1C1CCCN1. The number of amides is 1. The van der Waals surface area contributed by atoms with Crippen LogP contribution in [0.5, 0.6) is 0 Å². The van der Waals surface area contributed by atoms with Gasteiger partial charge in [-0.05, 0) is 59.5 Å². The second kappa shape index (κ2) is 5.57. The highest BCUT2D eigenvalue weighted by molar-refractivity contribution is 5.78. The third-order valence-electron chi connectivity index (χ3n) is 3.84. The Labute approximate surface area is 110 Å². The van der Waals surface area contributed by atoms with Crippen molar-refractivity contribution in [3.8, 4) is 0 Å². The molecule has 0 aromatic carbocycles. The second-order valence-electron chi connectivity index (χ2n) is 6.68. The van der Waals surface area contributed by atoms with Crippen LogP contribution in [0.4, 0.5) is 0 Å². The largest absolute Gasteiger partial charge is 0.350 e. The Kier molecular flexibility index (Phi) is 4.28. The fraction of sp³-hybridized carbons (Fsp3) is 0.929. The van der Waals surface area contributed by atoms with E-state index in [0.717, 1.165) is 13.1 Å². The zero-order chi connectivity index (χ0) is 13.2. The van der Waals surface area contributed by atoms with Gasteiger partial charge in [0.1, 0.15) is 0 Å². The molecule has 2 atom stereocenters. The Balaban J connectivity index is 1.85. The van der Waals surface area contributed by atoms with E-state index in [1.54, 1.807) is 0 Å². The van der Waals surface area contributed by atoms with Crippen molar-refractivity contribution in [2.75, 3.05) is 19.6 Å². The molecule has 0 saturated carbocycles. The van der Waals surface area contributed by atoms with E-state index in [1.165, 1.54) is 25.7 Å². The summed E-state index contributed by atoms with van der Waals surface area (Å²) >= 11 is 0. The van der Waals surface area contributed by atoms with E-state index in [-0.39, 0.29) is 11.4 Å². The number of likely N-dealkylation sites (tertiary alicyclic amines) is 1. The standard InChI is InChI=1S/C14H27N3O/c1-14(2,3)16-13(18)10-17-9-5-7-12(17)11-6-4-8-15-11/h11-12,15H,4-10H2,1-3H3,(H,16,18). The van der Waals surface area contributed by atoms with Crippen molar-refractivity contribution in [3.63, 3.8) is 0 Å². The molecule has 0 bridgehead atoms. The van der Waals surface area contributed by atoms with Gasteiger partial charge in [-0.15, -0.1) is 0 Å². The van der Waals surface area contributed by atoms with Crippen molar-refractivity contribution in [1.29, 1.82) is 0 Å². The lowest BCUT2D eigenvalue weighted by atomic mass is 10.0. The molecule has 2 N–H and O–H groups in total. The van der Waals surface area contributed by atoms with Crippen LogP contribution in [0, 0.1) is 0 Å². The number of nitrogens with one attached hydrogen (secondary N) is 2. The van der Waals surface area contributed by atoms with E-state index in [2.05, 4.69) is 15.5 Å². The Morgan fingerprint density at radius 2 is 2.11 bits per heavy atom. The molecule has 0 spiro atoms. The summed E-state index contributed by atoms with van der Waals surface area (Å²) < 4.78 is 0. The molecule has 2 unspecified atom stereocenters. The van der Waals surface area contributed by atoms with Crippen molar-refractivity contribution < 1.29 is 4.79 Å². The molecule has 0 radical (unpaired) electrons. The van der Waals surface area contributed by atoms with Crippen LogP contribution in [0.25, 0.3) is 0 Å². The molecule has 0 aromatic heterocycles. The van der Waals surface area contributed by atoms with Gasteiger partial charge >= 0.3 is 0 Å². The van der Waals surface area contributed by atoms with E-state index in [0.29, 0.717) is 18.6 Å². The highest BCUT2D eigenvalue weighted by Crippen LogP contribution is 2.24. The van der Waals surface area contributed by atoms with E-state index in [4.69, 9.17) is 0 Å². The molecule has 2 aliphatic heterocycles. The molecule has 1 amide bonds. The first kappa shape index (κ1) is 13.8. The fourth-order valence-electron chi connectivity index (χ4n) is 3.19. The van der Waals surface area contributed by atoms with Crippen LogP contribution in [0.15, 0.2) is 0 Å². The molecule has 4 heteroatoms. The average molecular weight is 253 g/mol. The molecule has 2 fully saturated rings. The van der Waals surface area contributed by atoms with Crippen molar-refractivity contribution >= 4 is 5.91 Å². The molecular weight excluding hydrogens is 226 g/mol. The minimum Gasteiger partial charge on any atom is -0.350 e. The Hall–Kier alpha value is -0.610. The molecular formula is C14H27N3O. The van der Waals surface area contributed by atoms with Gasteiger partial charge in [-0.2, -0.15) is 0 Å². The zero-order valence-corrected chi connectivity index (χ0v) is 12.0. The second-order valence-corrected chi connectivity index (χ2v) is 6.68. The number of hydrogen-bond acceptors (Lipinski definition) is 3. The predicted molar refractivity (Wildman–Crippen MR) is 73.5 cm³/mol. The molecule has 2 rings (SSSR count). The minimum atomic E-state index is -0.127. The molecule has 2 saturated heterocycles.